The van der Waals surface area contributed by atoms with Crippen LogP contribution in [0.4, 0.5) is 23.9 Å². The number of rotatable bonds is 5. The predicted molar refractivity (Wildman–Crippen MR) is 80.5 cm³/mol. The first-order valence-corrected chi connectivity index (χ1v) is 7.60. The van der Waals surface area contributed by atoms with Crippen molar-refractivity contribution in [2.24, 2.45) is 11.7 Å². The molecule has 2 rings (SSSR count). The molecular formula is C14H18F3N5O3. The molecule has 0 unspecified atom stereocenters. The molecule has 8 nitrogen and oxygen atoms in total. The van der Waals surface area contributed by atoms with E-state index in [0.717, 1.165) is 12.3 Å². The highest BCUT2D eigenvalue weighted by Crippen LogP contribution is 2.29. The zero-order chi connectivity index (χ0) is 18.4. The van der Waals surface area contributed by atoms with Crippen molar-refractivity contribution >= 4 is 17.9 Å². The van der Waals surface area contributed by atoms with Gasteiger partial charge in [0.2, 0.25) is 5.95 Å². The Morgan fingerprint density at radius 1 is 1.36 bits per heavy atom. The molecule has 1 saturated heterocycles. The monoisotopic (exact) mass is 361 g/mol. The molecule has 138 valence electrons. The Labute approximate surface area is 141 Å². The number of carbonyl (C=O) groups is 2. The molecule has 2 heterocycles. The molecule has 11 heteroatoms. The maximum absolute atomic E-state index is 12.7. The van der Waals surface area contributed by atoms with Crippen LogP contribution in [0.1, 0.15) is 18.5 Å². The van der Waals surface area contributed by atoms with Gasteiger partial charge < -0.3 is 20.7 Å². The van der Waals surface area contributed by atoms with Gasteiger partial charge in [-0.1, -0.05) is 0 Å². The second-order valence-corrected chi connectivity index (χ2v) is 5.59. The van der Waals surface area contributed by atoms with Crippen molar-refractivity contribution in [1.29, 1.82) is 0 Å². The Hall–Kier alpha value is -2.59. The second kappa shape index (κ2) is 7.99. The lowest BCUT2D eigenvalue weighted by Gasteiger charge is -2.32. The summed E-state index contributed by atoms with van der Waals surface area (Å²) < 4.78 is 42.7. The lowest BCUT2D eigenvalue weighted by atomic mass is 9.97. The van der Waals surface area contributed by atoms with Crippen molar-refractivity contribution < 1.29 is 27.5 Å². The first-order valence-electron chi connectivity index (χ1n) is 7.60. The number of primary amides is 1. The molecular weight excluding hydrogens is 343 g/mol. The molecule has 0 atom stereocenters. The highest BCUT2D eigenvalue weighted by Gasteiger charge is 2.33. The average Bonchev–Trinajstić information content (AvgIpc) is 2.58. The maximum atomic E-state index is 12.7. The molecule has 3 N–H and O–H groups in total. The minimum absolute atomic E-state index is 0.0436. The normalized spacial score (nSPS) is 15.7. The number of alkyl carbamates (subject to hydrolysis) is 1. The Morgan fingerprint density at radius 2 is 2.04 bits per heavy atom. The number of hydrogen-bond donors (Lipinski definition) is 2. The fraction of sp³-hybridized carbons (Fsp3) is 0.571. The van der Waals surface area contributed by atoms with Gasteiger partial charge in [0.1, 0.15) is 5.69 Å². The van der Waals surface area contributed by atoms with Crippen molar-refractivity contribution in [1.82, 2.24) is 15.3 Å². The van der Waals surface area contributed by atoms with Gasteiger partial charge in [-0.05, 0) is 24.8 Å². The van der Waals surface area contributed by atoms with Gasteiger partial charge in [-0.2, -0.15) is 13.2 Å². The van der Waals surface area contributed by atoms with E-state index in [1.165, 1.54) is 0 Å². The fourth-order valence-electron chi connectivity index (χ4n) is 2.41. The van der Waals surface area contributed by atoms with Crippen LogP contribution in [-0.4, -0.2) is 48.2 Å². The minimum Gasteiger partial charge on any atom is -0.439 e. The molecule has 0 spiro atoms. The van der Waals surface area contributed by atoms with E-state index in [9.17, 15) is 22.8 Å². The Morgan fingerprint density at radius 3 is 2.64 bits per heavy atom. The third-order valence-corrected chi connectivity index (χ3v) is 3.71. The van der Waals surface area contributed by atoms with E-state index in [4.69, 9.17) is 5.73 Å². The Kier molecular flexibility index (Phi) is 5.99. The second-order valence-electron chi connectivity index (χ2n) is 5.59. The van der Waals surface area contributed by atoms with Crippen molar-refractivity contribution in [3.63, 3.8) is 0 Å². The number of aromatic nitrogens is 2. The smallest absolute Gasteiger partial charge is 0.433 e. The van der Waals surface area contributed by atoms with Crippen molar-refractivity contribution in [3.8, 4) is 0 Å². The van der Waals surface area contributed by atoms with Crippen molar-refractivity contribution in [2.75, 3.05) is 31.1 Å². The third-order valence-electron chi connectivity index (χ3n) is 3.71. The molecule has 1 aliphatic heterocycles. The van der Waals surface area contributed by atoms with Gasteiger partial charge in [0, 0.05) is 25.8 Å². The summed E-state index contributed by atoms with van der Waals surface area (Å²) in [6.45, 7) is 0.806. The van der Waals surface area contributed by atoms with Crippen LogP contribution in [0.25, 0.3) is 0 Å². The lowest BCUT2D eigenvalue weighted by Crippen LogP contribution is -2.40. The van der Waals surface area contributed by atoms with Crippen LogP contribution >= 0.6 is 0 Å². The third kappa shape index (κ3) is 5.76. The SMILES string of the molecule is NC(=O)COC(=O)NCC1CCN(c2nccc(C(F)(F)F)n2)CC1. The summed E-state index contributed by atoms with van der Waals surface area (Å²) in [7, 11) is 0. The highest BCUT2D eigenvalue weighted by molar-refractivity contribution is 5.78. The molecule has 0 aromatic carbocycles. The number of nitrogens with zero attached hydrogens (tertiary/aromatic N) is 3. The maximum Gasteiger partial charge on any atom is 0.433 e. The molecule has 0 aliphatic carbocycles. The first kappa shape index (κ1) is 18.7. The van der Waals surface area contributed by atoms with Crippen LogP contribution in [0.2, 0.25) is 0 Å². The number of carbonyl (C=O) groups excluding carboxylic acids is 2. The number of nitrogens with one attached hydrogen (secondary N) is 1. The average molecular weight is 361 g/mol. The number of amides is 2. The summed E-state index contributed by atoms with van der Waals surface area (Å²) in [5.41, 5.74) is 3.88. The Balaban J connectivity index is 1.80. The van der Waals surface area contributed by atoms with Gasteiger partial charge in [-0.3, -0.25) is 4.79 Å². The number of hydrogen-bond acceptors (Lipinski definition) is 6. The van der Waals surface area contributed by atoms with Crippen LogP contribution in [0.5, 0.6) is 0 Å². The Bertz CT molecular complexity index is 618. The highest BCUT2D eigenvalue weighted by atomic mass is 19.4. The van der Waals surface area contributed by atoms with E-state index in [1.807, 2.05) is 0 Å². The largest absolute Gasteiger partial charge is 0.439 e. The molecule has 1 aromatic heterocycles. The van der Waals surface area contributed by atoms with E-state index in [0.29, 0.717) is 32.5 Å². The summed E-state index contributed by atoms with van der Waals surface area (Å²) in [4.78, 5) is 31.0. The van der Waals surface area contributed by atoms with E-state index < -0.39 is 30.5 Å². The molecule has 25 heavy (non-hydrogen) atoms. The summed E-state index contributed by atoms with van der Waals surface area (Å²) in [6, 6.07) is 0.831. The van der Waals surface area contributed by atoms with Gasteiger partial charge in [0.15, 0.2) is 6.61 Å². The zero-order valence-corrected chi connectivity index (χ0v) is 13.3. The molecule has 1 fully saturated rings. The number of nitrogens with two attached hydrogens (primary N) is 1. The van der Waals surface area contributed by atoms with Crippen LogP contribution < -0.4 is 16.0 Å². The summed E-state index contributed by atoms with van der Waals surface area (Å²) in [5, 5.41) is 2.52. The molecule has 0 saturated carbocycles. The minimum atomic E-state index is -4.51. The van der Waals surface area contributed by atoms with Gasteiger partial charge in [-0.15, -0.1) is 0 Å². The molecule has 2 amide bonds. The molecule has 1 aromatic rings. The van der Waals surface area contributed by atoms with E-state index in [1.54, 1.807) is 4.90 Å². The fourth-order valence-corrected chi connectivity index (χ4v) is 2.41. The molecule has 0 radical (unpaired) electrons. The van der Waals surface area contributed by atoms with Crippen LogP contribution in [0.15, 0.2) is 12.3 Å². The van der Waals surface area contributed by atoms with Gasteiger partial charge in [0.05, 0.1) is 0 Å². The summed E-state index contributed by atoms with van der Waals surface area (Å²) >= 11 is 0. The number of anilines is 1. The van der Waals surface area contributed by atoms with Crippen LogP contribution in [-0.2, 0) is 15.7 Å². The van der Waals surface area contributed by atoms with Crippen molar-refractivity contribution in [3.05, 3.63) is 18.0 Å². The zero-order valence-electron chi connectivity index (χ0n) is 13.3. The van der Waals surface area contributed by atoms with Crippen molar-refractivity contribution in [2.45, 2.75) is 19.0 Å². The van der Waals surface area contributed by atoms with Gasteiger partial charge in [-0.25, -0.2) is 14.8 Å². The van der Waals surface area contributed by atoms with Crippen LogP contribution in [0, 0.1) is 5.92 Å². The molecule has 1 aliphatic rings. The quantitative estimate of drug-likeness (QED) is 0.807. The first-order chi connectivity index (χ1) is 11.8. The predicted octanol–water partition coefficient (Wildman–Crippen LogP) is 0.923. The van der Waals surface area contributed by atoms with E-state index >= 15 is 0 Å². The van der Waals surface area contributed by atoms with E-state index in [2.05, 4.69) is 20.0 Å². The summed E-state index contributed by atoms with van der Waals surface area (Å²) in [5.74, 6) is -0.560. The molecule has 0 bridgehead atoms. The van der Waals surface area contributed by atoms with E-state index in [-0.39, 0.29) is 11.9 Å². The standard InChI is InChI=1S/C14H18F3N5O3/c15-14(16,17)10-1-4-19-12(21-10)22-5-2-9(3-6-22)7-20-13(24)25-8-11(18)23/h1,4,9H,2-3,5-8H2,(H2,18,23)(H,20,24). The number of alkyl halides is 3. The van der Waals surface area contributed by atoms with Gasteiger partial charge >= 0.3 is 12.3 Å². The summed E-state index contributed by atoms with van der Waals surface area (Å²) in [6.07, 6.45) is -2.85. The number of piperidine rings is 1. The number of halogens is 3. The van der Waals surface area contributed by atoms with Gasteiger partial charge in [0.25, 0.3) is 5.91 Å². The topological polar surface area (TPSA) is 110 Å². The van der Waals surface area contributed by atoms with Crippen LogP contribution in [0.3, 0.4) is 0 Å². The lowest BCUT2D eigenvalue weighted by molar-refractivity contribution is -0.141. The number of ether oxygens (including phenoxy) is 1.